The van der Waals surface area contributed by atoms with Crippen LogP contribution in [0.4, 0.5) is 0 Å². The number of carbonyl (C=O) groups is 3. The van der Waals surface area contributed by atoms with E-state index in [0.717, 1.165) is 12.0 Å². The molecule has 0 bridgehead atoms. The van der Waals surface area contributed by atoms with Gasteiger partial charge < -0.3 is 5.32 Å². The van der Waals surface area contributed by atoms with Crippen molar-refractivity contribution < 1.29 is 14.4 Å². The van der Waals surface area contributed by atoms with Gasteiger partial charge in [-0.15, -0.1) is 0 Å². The quantitative estimate of drug-likeness (QED) is 0.631. The first-order chi connectivity index (χ1) is 12.5. The van der Waals surface area contributed by atoms with E-state index < -0.39 is 0 Å². The maximum absolute atomic E-state index is 12.4. The summed E-state index contributed by atoms with van der Waals surface area (Å²) < 4.78 is 0. The highest BCUT2D eigenvalue weighted by Crippen LogP contribution is 2.35. The molecule has 3 atom stereocenters. The van der Waals surface area contributed by atoms with Gasteiger partial charge in [0.2, 0.25) is 17.7 Å². The Morgan fingerprint density at radius 1 is 1.12 bits per heavy atom. The molecule has 1 fully saturated rings. The first kappa shape index (κ1) is 18.4. The molecular weight excluding hydrogens is 328 g/mol. The average Bonchev–Trinajstić information content (AvgIpc) is 2.90. The molecule has 5 heteroatoms. The first-order valence-electron chi connectivity index (χ1n) is 9.37. The molecule has 5 nitrogen and oxygen atoms in total. The lowest BCUT2D eigenvalue weighted by molar-refractivity contribution is -0.140. The zero-order valence-corrected chi connectivity index (χ0v) is 15.4. The molecule has 0 spiro atoms. The third-order valence-corrected chi connectivity index (χ3v) is 5.38. The van der Waals surface area contributed by atoms with Gasteiger partial charge in [0.25, 0.3) is 0 Å². The number of hydrogen-bond donors (Lipinski definition) is 1. The van der Waals surface area contributed by atoms with Crippen molar-refractivity contribution >= 4 is 17.7 Å². The molecule has 0 saturated carbocycles. The summed E-state index contributed by atoms with van der Waals surface area (Å²) >= 11 is 0. The summed E-state index contributed by atoms with van der Waals surface area (Å²) in [4.78, 5) is 38.5. The summed E-state index contributed by atoms with van der Waals surface area (Å²) in [6.45, 7) is 4.22. The first-order valence-corrected chi connectivity index (χ1v) is 9.37. The summed E-state index contributed by atoms with van der Waals surface area (Å²) in [5.74, 6) is -0.838. The van der Waals surface area contributed by atoms with Crippen molar-refractivity contribution in [3.63, 3.8) is 0 Å². The second-order valence-electron chi connectivity index (χ2n) is 7.17. The van der Waals surface area contributed by atoms with Gasteiger partial charge >= 0.3 is 0 Å². The number of likely N-dealkylation sites (tertiary alicyclic amines) is 1. The number of nitrogens with one attached hydrogen (secondary N) is 1. The van der Waals surface area contributed by atoms with Crippen molar-refractivity contribution in [1.29, 1.82) is 0 Å². The molecule has 138 valence electrons. The Labute approximate surface area is 154 Å². The Morgan fingerprint density at radius 3 is 2.23 bits per heavy atom. The number of amides is 3. The van der Waals surface area contributed by atoms with E-state index in [-0.39, 0.29) is 48.6 Å². The van der Waals surface area contributed by atoms with Crippen LogP contribution < -0.4 is 5.32 Å². The predicted molar refractivity (Wildman–Crippen MR) is 99.0 cm³/mol. The van der Waals surface area contributed by atoms with Crippen molar-refractivity contribution in [2.45, 2.75) is 45.6 Å². The number of imide groups is 1. The van der Waals surface area contributed by atoms with Gasteiger partial charge in [0, 0.05) is 13.0 Å². The number of rotatable bonds is 6. The van der Waals surface area contributed by atoms with Gasteiger partial charge in [-0.2, -0.15) is 0 Å². The molecular formula is C21H26N2O3. The van der Waals surface area contributed by atoms with Crippen LogP contribution in [0.15, 0.2) is 36.4 Å². The molecule has 1 saturated heterocycles. The zero-order valence-electron chi connectivity index (χ0n) is 15.4. The van der Waals surface area contributed by atoms with E-state index in [1.54, 1.807) is 0 Å². The number of nitrogens with zero attached hydrogens (tertiary/aromatic N) is 1. The maximum Gasteiger partial charge on any atom is 0.233 e. The molecule has 3 rings (SSSR count). The summed E-state index contributed by atoms with van der Waals surface area (Å²) in [5, 5.41) is 3.02. The SMILES string of the molecule is CCC(NC(=O)CCN1C(=O)[C@H]2CC=CC[C@H]2C1=O)c1ccc(C)cc1. The monoisotopic (exact) mass is 354 g/mol. The van der Waals surface area contributed by atoms with Gasteiger partial charge in [-0.25, -0.2) is 0 Å². The molecule has 1 aromatic carbocycles. The van der Waals surface area contributed by atoms with E-state index in [4.69, 9.17) is 0 Å². The number of aryl methyl sites for hydroxylation is 1. The van der Waals surface area contributed by atoms with Gasteiger partial charge in [-0.3, -0.25) is 19.3 Å². The van der Waals surface area contributed by atoms with Crippen LogP contribution in [0.3, 0.4) is 0 Å². The van der Waals surface area contributed by atoms with E-state index >= 15 is 0 Å². The largest absolute Gasteiger partial charge is 0.349 e. The van der Waals surface area contributed by atoms with Crippen LogP contribution in [-0.4, -0.2) is 29.2 Å². The van der Waals surface area contributed by atoms with Gasteiger partial charge in [-0.05, 0) is 31.7 Å². The summed E-state index contributed by atoms with van der Waals surface area (Å²) in [6.07, 6.45) is 6.12. The Hall–Kier alpha value is -2.43. The Bertz CT molecular complexity index is 697. The summed E-state index contributed by atoms with van der Waals surface area (Å²) in [6, 6.07) is 8.05. The van der Waals surface area contributed by atoms with Crippen molar-refractivity contribution in [2.24, 2.45) is 11.8 Å². The highest BCUT2D eigenvalue weighted by atomic mass is 16.2. The van der Waals surface area contributed by atoms with Crippen LogP contribution in [0.5, 0.6) is 0 Å². The van der Waals surface area contributed by atoms with Crippen LogP contribution in [0, 0.1) is 18.8 Å². The number of carbonyl (C=O) groups excluding carboxylic acids is 3. The highest BCUT2D eigenvalue weighted by molar-refractivity contribution is 6.05. The number of allylic oxidation sites excluding steroid dienone is 2. The molecule has 1 aromatic rings. The second kappa shape index (κ2) is 7.85. The third-order valence-electron chi connectivity index (χ3n) is 5.38. The minimum Gasteiger partial charge on any atom is -0.349 e. The molecule has 26 heavy (non-hydrogen) atoms. The number of benzene rings is 1. The minimum absolute atomic E-state index is 0.0557. The van der Waals surface area contributed by atoms with E-state index in [1.807, 2.05) is 50.3 Å². The lowest BCUT2D eigenvalue weighted by atomic mass is 9.85. The molecule has 0 radical (unpaired) electrons. The fraction of sp³-hybridized carbons (Fsp3) is 0.476. The predicted octanol–water partition coefficient (Wildman–Crippen LogP) is 2.90. The average molecular weight is 354 g/mol. The molecule has 1 unspecified atom stereocenters. The lowest BCUT2D eigenvalue weighted by Gasteiger charge is -2.19. The molecule has 3 amide bonds. The van der Waals surface area contributed by atoms with Crippen LogP contribution in [0.2, 0.25) is 0 Å². The van der Waals surface area contributed by atoms with E-state index in [1.165, 1.54) is 10.5 Å². The Kier molecular flexibility index (Phi) is 5.55. The molecule has 1 aliphatic heterocycles. The molecule has 1 heterocycles. The molecule has 2 aliphatic rings. The number of hydrogen-bond acceptors (Lipinski definition) is 3. The number of fused-ring (bicyclic) bond motifs is 1. The van der Waals surface area contributed by atoms with E-state index in [2.05, 4.69) is 5.32 Å². The van der Waals surface area contributed by atoms with Crippen molar-refractivity contribution in [1.82, 2.24) is 10.2 Å². The van der Waals surface area contributed by atoms with Crippen molar-refractivity contribution in [3.8, 4) is 0 Å². The molecule has 0 aromatic heterocycles. The molecule has 1 N–H and O–H groups in total. The summed E-state index contributed by atoms with van der Waals surface area (Å²) in [5.41, 5.74) is 2.24. The second-order valence-corrected chi connectivity index (χ2v) is 7.17. The normalized spacial score (nSPS) is 23.1. The zero-order chi connectivity index (χ0) is 18.7. The lowest BCUT2D eigenvalue weighted by Crippen LogP contribution is -2.36. The van der Waals surface area contributed by atoms with Crippen molar-refractivity contribution in [2.75, 3.05) is 6.54 Å². The van der Waals surface area contributed by atoms with Crippen LogP contribution in [-0.2, 0) is 14.4 Å². The Balaban J connectivity index is 1.56. The van der Waals surface area contributed by atoms with Crippen LogP contribution in [0.1, 0.15) is 49.8 Å². The van der Waals surface area contributed by atoms with E-state index in [9.17, 15) is 14.4 Å². The van der Waals surface area contributed by atoms with Crippen LogP contribution in [0.25, 0.3) is 0 Å². The maximum atomic E-state index is 12.4. The molecule has 1 aliphatic carbocycles. The highest BCUT2D eigenvalue weighted by Gasteiger charge is 2.46. The Morgan fingerprint density at radius 2 is 1.69 bits per heavy atom. The summed E-state index contributed by atoms with van der Waals surface area (Å²) in [7, 11) is 0. The van der Waals surface area contributed by atoms with Gasteiger partial charge in [0.05, 0.1) is 17.9 Å². The van der Waals surface area contributed by atoms with E-state index in [0.29, 0.717) is 12.8 Å². The van der Waals surface area contributed by atoms with Crippen LogP contribution >= 0.6 is 0 Å². The third kappa shape index (κ3) is 3.71. The fourth-order valence-electron chi connectivity index (χ4n) is 3.79. The van der Waals surface area contributed by atoms with Gasteiger partial charge in [-0.1, -0.05) is 48.9 Å². The standard InChI is InChI=1S/C21H26N2O3/c1-3-18(15-10-8-14(2)9-11-15)22-19(24)12-13-23-20(25)16-6-4-5-7-17(16)21(23)26/h4-5,8-11,16-18H,3,6-7,12-13H2,1-2H3,(H,22,24)/t16-,17+,18?. The van der Waals surface area contributed by atoms with Gasteiger partial charge in [0.1, 0.15) is 0 Å². The van der Waals surface area contributed by atoms with Gasteiger partial charge in [0.15, 0.2) is 0 Å². The smallest absolute Gasteiger partial charge is 0.233 e. The van der Waals surface area contributed by atoms with Crippen molar-refractivity contribution in [3.05, 3.63) is 47.5 Å². The fourth-order valence-corrected chi connectivity index (χ4v) is 3.79. The minimum atomic E-state index is -0.230. The topological polar surface area (TPSA) is 66.5 Å².